The third kappa shape index (κ3) is 3.92. The normalized spacial score (nSPS) is 22.3. The number of aliphatic hydroxyl groups is 1. The lowest BCUT2D eigenvalue weighted by molar-refractivity contribution is -0.122. The number of nitrogens with zero attached hydrogens (tertiary/aromatic N) is 1. The summed E-state index contributed by atoms with van der Waals surface area (Å²) in [6, 6.07) is -0.679. The molecular formula is C7H8BrCl3N2O3. The summed E-state index contributed by atoms with van der Waals surface area (Å²) in [5.41, 5.74) is 0. The zero-order valence-electron chi connectivity index (χ0n) is 7.79. The lowest BCUT2D eigenvalue weighted by atomic mass is 10.1. The average Bonchev–Trinajstić information content (AvgIpc) is 2.59. The van der Waals surface area contributed by atoms with Crippen molar-refractivity contribution in [3.05, 3.63) is 0 Å². The summed E-state index contributed by atoms with van der Waals surface area (Å²) in [4.78, 5) is 16.3. The van der Waals surface area contributed by atoms with E-state index in [4.69, 9.17) is 44.7 Å². The predicted molar refractivity (Wildman–Crippen MR) is 65.2 cm³/mol. The van der Waals surface area contributed by atoms with Gasteiger partial charge in [0.2, 0.25) is 0 Å². The Morgan fingerprint density at radius 2 is 2.38 bits per heavy atom. The van der Waals surface area contributed by atoms with Gasteiger partial charge in [0.15, 0.2) is 6.10 Å². The molecule has 1 aliphatic rings. The third-order valence-electron chi connectivity index (χ3n) is 1.88. The summed E-state index contributed by atoms with van der Waals surface area (Å²) >= 11 is 19.3. The van der Waals surface area contributed by atoms with Gasteiger partial charge in [-0.1, -0.05) is 40.0 Å². The molecule has 2 N–H and O–H groups in total. The summed E-state index contributed by atoms with van der Waals surface area (Å²) in [5.74, 6) is -0.817. The first kappa shape index (κ1) is 14.3. The second kappa shape index (κ2) is 5.73. The van der Waals surface area contributed by atoms with E-state index in [0.717, 1.165) is 0 Å². The van der Waals surface area contributed by atoms with Crippen LogP contribution in [-0.4, -0.2) is 38.2 Å². The molecule has 2 unspecified atom stereocenters. The average molecular weight is 354 g/mol. The van der Waals surface area contributed by atoms with Crippen molar-refractivity contribution in [2.75, 3.05) is 6.61 Å². The molecule has 0 spiro atoms. The molecule has 0 saturated carbocycles. The highest BCUT2D eigenvalue weighted by molar-refractivity contribution is 9.18. The lowest BCUT2D eigenvalue weighted by Crippen LogP contribution is -2.49. The molecule has 0 saturated heterocycles. The van der Waals surface area contributed by atoms with Crippen LogP contribution in [0.5, 0.6) is 0 Å². The molecule has 0 radical (unpaired) electrons. The minimum absolute atomic E-state index is 0.340. The Morgan fingerprint density at radius 1 is 1.75 bits per heavy atom. The fraction of sp³-hybridized carbons (Fsp3) is 0.714. The zero-order valence-corrected chi connectivity index (χ0v) is 11.6. The van der Waals surface area contributed by atoms with Crippen LogP contribution in [0.1, 0.15) is 6.42 Å². The van der Waals surface area contributed by atoms with Crippen molar-refractivity contribution in [3.63, 3.8) is 0 Å². The number of carbonyl (C=O) groups excluding carboxylic acids is 1. The highest BCUT2D eigenvalue weighted by Crippen LogP contribution is 2.26. The molecule has 5 nitrogen and oxygen atoms in total. The van der Waals surface area contributed by atoms with Gasteiger partial charge in [0, 0.05) is 6.42 Å². The van der Waals surface area contributed by atoms with Gasteiger partial charge in [-0.25, -0.2) is 0 Å². The number of hydrogen-bond donors (Lipinski definition) is 2. The van der Waals surface area contributed by atoms with E-state index in [1.165, 1.54) is 0 Å². The van der Waals surface area contributed by atoms with Crippen LogP contribution in [0.15, 0.2) is 5.16 Å². The maximum absolute atomic E-state index is 11.3. The predicted octanol–water partition coefficient (Wildman–Crippen LogP) is 1.33. The Morgan fingerprint density at radius 3 is 2.75 bits per heavy atom. The maximum atomic E-state index is 11.3. The van der Waals surface area contributed by atoms with Crippen LogP contribution in [0, 0.1) is 0 Å². The van der Waals surface area contributed by atoms with Gasteiger partial charge in [-0.2, -0.15) is 0 Å². The van der Waals surface area contributed by atoms with E-state index in [1.54, 1.807) is 0 Å². The number of carbonyl (C=O) groups is 1. The standard InChI is InChI=1S/C7H8BrCl3N2O3/c8-5-1-4(16-13-5)3(2-14)12-6(15)7(9,10)11/h3-4,14H,1-2H2,(H,12,15). The molecule has 0 aromatic carbocycles. The molecule has 0 aliphatic carbocycles. The Labute approximate surface area is 115 Å². The number of aliphatic hydroxyl groups excluding tert-OH is 1. The second-order valence-electron chi connectivity index (χ2n) is 3.08. The van der Waals surface area contributed by atoms with Gasteiger partial charge in [0.05, 0.1) is 12.6 Å². The number of rotatable bonds is 3. The summed E-state index contributed by atoms with van der Waals surface area (Å²) < 4.78 is -1.47. The largest absolute Gasteiger partial charge is 0.394 e. The van der Waals surface area contributed by atoms with E-state index in [1.807, 2.05) is 0 Å². The topological polar surface area (TPSA) is 70.9 Å². The number of halogens is 4. The molecule has 0 aromatic heterocycles. The van der Waals surface area contributed by atoms with E-state index >= 15 is 0 Å². The summed E-state index contributed by atoms with van der Waals surface area (Å²) in [5, 5.41) is 15.1. The quantitative estimate of drug-likeness (QED) is 0.751. The monoisotopic (exact) mass is 352 g/mol. The molecule has 16 heavy (non-hydrogen) atoms. The lowest BCUT2D eigenvalue weighted by Gasteiger charge is -2.22. The first-order chi connectivity index (χ1) is 7.34. The Hall–Kier alpha value is 0.250. The summed E-state index contributed by atoms with van der Waals surface area (Å²) in [6.45, 7) is -0.340. The van der Waals surface area contributed by atoms with Crippen LogP contribution in [-0.2, 0) is 9.63 Å². The summed E-state index contributed by atoms with van der Waals surface area (Å²) in [7, 11) is 0. The van der Waals surface area contributed by atoms with Crippen LogP contribution in [0.25, 0.3) is 0 Å². The molecule has 0 aromatic rings. The second-order valence-corrected chi connectivity index (χ2v) is 6.27. The van der Waals surface area contributed by atoms with Crippen molar-refractivity contribution in [2.45, 2.75) is 22.4 Å². The minimum atomic E-state index is -2.07. The molecule has 1 heterocycles. The Balaban J connectivity index is 2.54. The molecule has 1 rings (SSSR count). The number of hydrogen-bond acceptors (Lipinski definition) is 4. The van der Waals surface area contributed by atoms with Crippen molar-refractivity contribution in [1.82, 2.24) is 5.32 Å². The van der Waals surface area contributed by atoms with E-state index in [9.17, 15) is 4.79 Å². The van der Waals surface area contributed by atoms with Crippen LogP contribution in [0.3, 0.4) is 0 Å². The molecule has 2 atom stereocenters. The highest BCUT2D eigenvalue weighted by atomic mass is 79.9. The summed E-state index contributed by atoms with van der Waals surface area (Å²) in [6.07, 6.45) is -0.0404. The van der Waals surface area contributed by atoms with Crippen LogP contribution < -0.4 is 5.32 Å². The van der Waals surface area contributed by atoms with Gasteiger partial charge in [0.1, 0.15) is 4.62 Å². The SMILES string of the molecule is O=C(NC(CO)C1CC(Br)=NO1)C(Cl)(Cl)Cl. The van der Waals surface area contributed by atoms with Gasteiger partial charge in [0.25, 0.3) is 9.70 Å². The fourth-order valence-electron chi connectivity index (χ4n) is 1.09. The smallest absolute Gasteiger partial charge is 0.272 e. The fourth-order valence-corrected chi connectivity index (χ4v) is 1.65. The van der Waals surface area contributed by atoms with E-state index in [-0.39, 0.29) is 6.61 Å². The maximum Gasteiger partial charge on any atom is 0.272 e. The van der Waals surface area contributed by atoms with Crippen molar-refractivity contribution in [3.8, 4) is 0 Å². The molecular weight excluding hydrogens is 346 g/mol. The molecule has 92 valence electrons. The van der Waals surface area contributed by atoms with Crippen LogP contribution >= 0.6 is 50.7 Å². The highest BCUT2D eigenvalue weighted by Gasteiger charge is 2.36. The van der Waals surface area contributed by atoms with Crippen LogP contribution in [0.4, 0.5) is 0 Å². The van der Waals surface area contributed by atoms with Crippen molar-refractivity contribution in [1.29, 1.82) is 0 Å². The first-order valence-electron chi connectivity index (χ1n) is 4.21. The van der Waals surface area contributed by atoms with E-state index in [0.29, 0.717) is 11.0 Å². The molecule has 9 heteroatoms. The van der Waals surface area contributed by atoms with Crippen molar-refractivity contribution >= 4 is 61.3 Å². The number of alkyl halides is 3. The Kier molecular flexibility index (Phi) is 5.12. The first-order valence-corrected chi connectivity index (χ1v) is 6.14. The van der Waals surface area contributed by atoms with Crippen molar-refractivity contribution < 1.29 is 14.7 Å². The molecule has 1 amide bonds. The van der Waals surface area contributed by atoms with Gasteiger partial charge >= 0.3 is 0 Å². The molecule has 1 aliphatic heterocycles. The number of oxime groups is 1. The number of amides is 1. The zero-order chi connectivity index (χ0) is 12.3. The molecule has 0 fully saturated rings. The molecule has 0 bridgehead atoms. The third-order valence-corrected chi connectivity index (χ3v) is 2.86. The van der Waals surface area contributed by atoms with Gasteiger partial charge in [-0.05, 0) is 15.9 Å². The number of nitrogens with one attached hydrogen (secondary N) is 1. The van der Waals surface area contributed by atoms with Crippen LogP contribution in [0.2, 0.25) is 0 Å². The Bertz CT molecular complexity index is 308. The van der Waals surface area contributed by atoms with Crippen molar-refractivity contribution in [2.24, 2.45) is 5.16 Å². The van der Waals surface area contributed by atoms with Gasteiger partial charge < -0.3 is 15.3 Å². The minimum Gasteiger partial charge on any atom is -0.394 e. The van der Waals surface area contributed by atoms with Gasteiger partial charge in [-0.3, -0.25) is 4.79 Å². The van der Waals surface area contributed by atoms with E-state index < -0.39 is 21.8 Å². The van der Waals surface area contributed by atoms with Gasteiger partial charge in [-0.15, -0.1) is 0 Å². The van der Waals surface area contributed by atoms with E-state index in [2.05, 4.69) is 26.4 Å².